The maximum absolute atomic E-state index is 12.1. The largest absolute Gasteiger partial charge is 2.00 e. The number of methoxy groups -OCH3 is 2. The van der Waals surface area contributed by atoms with Crippen LogP contribution in [0.15, 0.2) is 131 Å². The zero-order valence-corrected chi connectivity index (χ0v) is 29.1. The van der Waals surface area contributed by atoms with Crippen LogP contribution in [-0.4, -0.2) is 38.4 Å². The molecule has 0 spiro atoms. The number of nitrogens with zero attached hydrogens (tertiary/aromatic N) is 2. The van der Waals surface area contributed by atoms with Crippen LogP contribution in [0, 0.1) is 0 Å². The van der Waals surface area contributed by atoms with Gasteiger partial charge < -0.3 is 24.8 Å². The van der Waals surface area contributed by atoms with E-state index in [1.54, 1.807) is 45.7 Å². The summed E-state index contributed by atoms with van der Waals surface area (Å²) in [5, 5.41) is 35.6. The van der Waals surface area contributed by atoms with Gasteiger partial charge in [0.15, 0.2) is 0 Å². The van der Waals surface area contributed by atoms with Crippen LogP contribution in [0.5, 0.6) is 23.0 Å². The fraction of sp³-hybridized carbons (Fsp3) is 0.105. The molecule has 6 aromatic carbocycles. The third kappa shape index (κ3) is 9.01. The molecule has 7 nitrogen and oxygen atoms in total. The van der Waals surface area contributed by atoms with Gasteiger partial charge in [0.05, 0.1) is 14.2 Å². The van der Waals surface area contributed by atoms with Crippen molar-refractivity contribution >= 4 is 45.3 Å². The smallest absolute Gasteiger partial charge is 0.872 e. The normalized spacial score (nSPS) is 10.5. The molecule has 0 heterocycles. The second-order valence-corrected chi connectivity index (χ2v) is 9.57. The molecule has 46 heavy (non-hydrogen) atoms. The Labute approximate surface area is 281 Å². The number of fused-ring (bicyclic) bond motifs is 2. The predicted octanol–water partition coefficient (Wildman–Crippen LogP) is 7.34. The Balaban J connectivity index is 0.000000226. The number of aliphatic imine (C=N–C) groups is 2. The van der Waals surface area contributed by atoms with Crippen LogP contribution in [0.2, 0.25) is 0 Å². The van der Waals surface area contributed by atoms with E-state index < -0.39 is 0 Å². The van der Waals surface area contributed by atoms with E-state index >= 15 is 0 Å². The van der Waals surface area contributed by atoms with Gasteiger partial charge in [0.25, 0.3) is 0 Å². The third-order valence-corrected chi connectivity index (χ3v) is 6.70. The summed E-state index contributed by atoms with van der Waals surface area (Å²) in [7, 11) is 3.20. The number of rotatable bonds is 6. The van der Waals surface area contributed by atoms with E-state index in [1.807, 2.05) is 109 Å². The first kappa shape index (κ1) is 35.4. The summed E-state index contributed by atoms with van der Waals surface area (Å²) in [6.45, 7) is 1.93. The van der Waals surface area contributed by atoms with Gasteiger partial charge in [0, 0.05) is 19.0 Å². The van der Waals surface area contributed by atoms with Gasteiger partial charge in [-0.15, -0.1) is 0 Å². The number of benzene rings is 6. The predicted molar refractivity (Wildman–Crippen MR) is 180 cm³/mol. The number of para-hydroxylation sites is 4. The van der Waals surface area contributed by atoms with Crippen LogP contribution in [0.4, 0.5) is 11.4 Å². The fourth-order valence-electron chi connectivity index (χ4n) is 4.56. The Morgan fingerprint density at radius 2 is 0.913 bits per heavy atom. The average molecular weight is 664 g/mol. The SMILES string of the molecule is CCO.COc1ccccc1N=Cc1c([O-])ccc2ccccc12.COc1ccccc1N=Cc1c([O-])ccc2ccccc12.[Zn+2]. The Morgan fingerprint density at radius 3 is 1.30 bits per heavy atom. The number of aliphatic hydroxyl groups is 1. The van der Waals surface area contributed by atoms with Gasteiger partial charge in [-0.3, -0.25) is 9.98 Å². The van der Waals surface area contributed by atoms with Crippen molar-refractivity contribution in [3.63, 3.8) is 0 Å². The first-order valence-corrected chi connectivity index (χ1v) is 14.3. The van der Waals surface area contributed by atoms with E-state index in [4.69, 9.17) is 14.6 Å². The quantitative estimate of drug-likeness (QED) is 0.148. The molecule has 0 saturated heterocycles. The van der Waals surface area contributed by atoms with Gasteiger partial charge in [-0.05, 0) is 63.9 Å². The topological polar surface area (TPSA) is 110 Å². The minimum absolute atomic E-state index is 0. The molecule has 0 aliphatic rings. The molecule has 0 amide bonds. The third-order valence-electron chi connectivity index (χ3n) is 6.70. The molecule has 0 aliphatic heterocycles. The summed E-state index contributed by atoms with van der Waals surface area (Å²) >= 11 is 0. The average Bonchev–Trinajstić information content (AvgIpc) is 3.08. The van der Waals surface area contributed by atoms with Crippen molar-refractivity contribution in [2.75, 3.05) is 20.8 Å². The molecule has 0 radical (unpaired) electrons. The van der Waals surface area contributed by atoms with E-state index in [-0.39, 0.29) is 37.6 Å². The van der Waals surface area contributed by atoms with Crippen molar-refractivity contribution in [1.29, 1.82) is 0 Å². The zero-order chi connectivity index (χ0) is 32.0. The van der Waals surface area contributed by atoms with Gasteiger partial charge in [-0.1, -0.05) is 109 Å². The number of ether oxygens (including phenoxy) is 2. The van der Waals surface area contributed by atoms with Crippen LogP contribution in [0.3, 0.4) is 0 Å². The molecule has 0 bridgehead atoms. The minimum atomic E-state index is -0.0349. The van der Waals surface area contributed by atoms with E-state index in [2.05, 4.69) is 9.98 Å². The van der Waals surface area contributed by atoms with Gasteiger partial charge in [0.1, 0.15) is 22.9 Å². The second kappa shape index (κ2) is 18.1. The molecule has 0 atom stereocenters. The van der Waals surface area contributed by atoms with Crippen LogP contribution in [-0.2, 0) is 19.5 Å². The van der Waals surface area contributed by atoms with Gasteiger partial charge >= 0.3 is 19.5 Å². The van der Waals surface area contributed by atoms with Crippen molar-refractivity contribution < 1.29 is 44.3 Å². The van der Waals surface area contributed by atoms with Crippen molar-refractivity contribution in [2.45, 2.75) is 6.92 Å². The van der Waals surface area contributed by atoms with Crippen molar-refractivity contribution in [3.05, 3.63) is 132 Å². The number of aliphatic hydroxyl groups excluding tert-OH is 1. The Morgan fingerprint density at radius 1 is 0.565 bits per heavy atom. The van der Waals surface area contributed by atoms with Crippen molar-refractivity contribution in [1.82, 2.24) is 0 Å². The minimum Gasteiger partial charge on any atom is -0.872 e. The number of hydrogen-bond acceptors (Lipinski definition) is 7. The van der Waals surface area contributed by atoms with Crippen LogP contribution >= 0.6 is 0 Å². The summed E-state index contributed by atoms with van der Waals surface area (Å²) in [5.74, 6) is 1.29. The summed E-state index contributed by atoms with van der Waals surface area (Å²) < 4.78 is 10.5. The van der Waals surface area contributed by atoms with E-state index in [9.17, 15) is 10.2 Å². The van der Waals surface area contributed by atoms with Crippen LogP contribution in [0.25, 0.3) is 21.5 Å². The molecule has 0 aliphatic carbocycles. The van der Waals surface area contributed by atoms with Crippen molar-refractivity contribution in [2.24, 2.45) is 9.98 Å². The van der Waals surface area contributed by atoms with E-state index in [0.29, 0.717) is 34.0 Å². The summed E-state index contributed by atoms with van der Waals surface area (Å²) in [6.07, 6.45) is 3.23. The first-order chi connectivity index (χ1) is 22.0. The molecule has 0 saturated carbocycles. The van der Waals surface area contributed by atoms with Crippen molar-refractivity contribution in [3.8, 4) is 23.0 Å². The molecule has 6 aromatic rings. The maximum atomic E-state index is 12.1. The molecule has 1 N–H and O–H groups in total. The Bertz CT molecular complexity index is 1780. The standard InChI is InChI=1S/2C18H15NO2.C2H6O.Zn/c2*1-21-18-9-5-4-8-16(18)19-12-15-14-7-3-2-6-13(14)10-11-17(15)20;1-2-3;/h2*2-12,20H,1H3;3H,2H2,1H3;/q;;;+2/p-2. The first-order valence-electron chi connectivity index (χ1n) is 14.3. The Kier molecular flexibility index (Phi) is 13.9. The Hall–Kier alpha value is -5.04. The van der Waals surface area contributed by atoms with Gasteiger partial charge in [-0.2, -0.15) is 0 Å². The molecule has 0 unspecified atom stereocenters. The summed E-state index contributed by atoms with van der Waals surface area (Å²) in [4.78, 5) is 8.82. The van der Waals surface area contributed by atoms with Crippen LogP contribution < -0.4 is 19.7 Å². The number of hydrogen-bond donors (Lipinski definition) is 1. The zero-order valence-electron chi connectivity index (χ0n) is 26.1. The van der Waals surface area contributed by atoms with Gasteiger partial charge in [-0.25, -0.2) is 0 Å². The van der Waals surface area contributed by atoms with Crippen LogP contribution in [0.1, 0.15) is 18.1 Å². The molecule has 0 fully saturated rings. The molecular weight excluding hydrogens is 630 g/mol. The second-order valence-electron chi connectivity index (χ2n) is 9.57. The molecule has 228 valence electrons. The summed E-state index contributed by atoms with van der Waals surface area (Å²) in [6, 6.07) is 37.3. The summed E-state index contributed by atoms with van der Waals surface area (Å²) in [5.41, 5.74) is 2.60. The van der Waals surface area contributed by atoms with Gasteiger partial charge in [0.2, 0.25) is 0 Å². The molecular formula is C38H34N2O5Zn. The molecule has 6 rings (SSSR count). The van der Waals surface area contributed by atoms with E-state index in [0.717, 1.165) is 21.5 Å². The molecule has 0 aromatic heterocycles. The van der Waals surface area contributed by atoms with E-state index in [1.165, 1.54) is 0 Å². The fourth-order valence-corrected chi connectivity index (χ4v) is 4.56. The molecule has 8 heteroatoms. The monoisotopic (exact) mass is 662 g/mol. The maximum Gasteiger partial charge on any atom is 2.00 e.